The number of nitrogens with one attached hydrogen (secondary N) is 12. The van der Waals surface area contributed by atoms with Crippen molar-refractivity contribution in [1.29, 1.82) is 0 Å². The number of thiol groups is 1. The highest BCUT2D eigenvalue weighted by Gasteiger charge is 2.36. The van der Waals surface area contributed by atoms with Gasteiger partial charge in [0, 0.05) is 72.1 Å². The summed E-state index contributed by atoms with van der Waals surface area (Å²) >= 11 is 4.26. The molecule has 0 saturated heterocycles. The summed E-state index contributed by atoms with van der Waals surface area (Å²) in [6.45, 7) is 5.62. The van der Waals surface area contributed by atoms with E-state index in [1.165, 1.54) is 13.8 Å². The molecule has 2 aromatic heterocycles. The number of hydrogen-bond donors (Lipinski definition) is 18. The molecule has 0 spiro atoms. The fourth-order valence-corrected chi connectivity index (χ4v) is 10.4. The maximum atomic E-state index is 14.6. The molecule has 514 valence electrons. The molecular formula is C64H88N16O14S. The van der Waals surface area contributed by atoms with E-state index >= 15 is 0 Å². The molecule has 0 aliphatic carbocycles. The number of aromatic amines is 2. The minimum Gasteiger partial charge on any atom is -0.481 e. The number of H-pyrrole nitrogens is 2. The zero-order valence-corrected chi connectivity index (χ0v) is 54.3. The maximum absolute atomic E-state index is 14.6. The summed E-state index contributed by atoms with van der Waals surface area (Å²) in [5, 5.41) is 36.7. The quantitative estimate of drug-likeness (QED) is 0.0153. The fourth-order valence-electron chi connectivity index (χ4n) is 10.1. The van der Waals surface area contributed by atoms with Crippen molar-refractivity contribution < 1.29 is 67.4 Å². The number of fused-ring (bicyclic) bond motifs is 2. The summed E-state index contributed by atoms with van der Waals surface area (Å²) < 4.78 is 0. The minimum absolute atomic E-state index is 0.0439. The highest BCUT2D eigenvalue weighted by atomic mass is 32.1. The number of carbonyl (C=O) groups is 13. The molecule has 30 nitrogen and oxygen atoms in total. The standard InChI is InChI=1S/C64H88N16O14S/c1-5-34(2)54(64(94)75-44(21-13-14-26-65)58(88)73-45(22-24-51(67)81)59(89)74-46(23-25-53(83)84)60(90)76-47(55(68)85)27-37-15-7-6-8-16-37)80-52(82)32-71-57(87)36(4)72-61(91)48(28-38-30-69-42-19-11-9-17-40(38)42)77-62(92)49(29-39-31-70-43-20-12-10-18-41(39)43)78-63(93)50(33-95)79-56(86)35(3)66/h6-12,15-20,30-31,34-36,44-50,54,69-70,95H,5,13-14,21-29,32-33,65-66H2,1-4H3,(H2,67,81)(H2,68,85)(H,71,87)(H,72,91)(H,73,88)(H,74,89)(H,75,94)(H,76,90)(H,77,92)(H,78,93)(H,79,86)(H,80,82)(H,83,84)/t34?,35-,36-,44-,45-,46-,47-,48-,49-,50-,54-/m1/s1. The van der Waals surface area contributed by atoms with E-state index in [0.717, 1.165) is 21.8 Å². The summed E-state index contributed by atoms with van der Waals surface area (Å²) in [7, 11) is 0. The highest BCUT2D eigenvalue weighted by Crippen LogP contribution is 2.22. The Morgan fingerprint density at radius 1 is 0.505 bits per heavy atom. The molecule has 95 heavy (non-hydrogen) atoms. The van der Waals surface area contributed by atoms with Crippen LogP contribution < -0.4 is 76.1 Å². The van der Waals surface area contributed by atoms with E-state index in [1.807, 2.05) is 36.4 Å². The number of unbranched alkanes of at least 4 members (excludes halogenated alkanes) is 1. The first-order valence-electron chi connectivity index (χ1n) is 31.2. The van der Waals surface area contributed by atoms with Crippen LogP contribution in [0.3, 0.4) is 0 Å². The van der Waals surface area contributed by atoms with Crippen molar-refractivity contribution in [2.45, 2.75) is 159 Å². The highest BCUT2D eigenvalue weighted by molar-refractivity contribution is 7.80. The zero-order valence-electron chi connectivity index (χ0n) is 53.4. The van der Waals surface area contributed by atoms with E-state index in [9.17, 15) is 67.4 Å². The van der Waals surface area contributed by atoms with Crippen molar-refractivity contribution in [2.24, 2.45) is 28.9 Å². The Kier molecular flexibility index (Phi) is 30.1. The van der Waals surface area contributed by atoms with Crippen LogP contribution in [0.15, 0.2) is 91.3 Å². The van der Waals surface area contributed by atoms with Gasteiger partial charge in [-0.2, -0.15) is 12.6 Å². The predicted molar refractivity (Wildman–Crippen MR) is 355 cm³/mol. The van der Waals surface area contributed by atoms with Gasteiger partial charge in [0.05, 0.1) is 12.6 Å². The normalized spacial score (nSPS) is 14.6. The number of rotatable bonds is 40. The lowest BCUT2D eigenvalue weighted by molar-refractivity contribution is -0.138. The SMILES string of the molecule is CCC(C)[C@@H](NC(=O)CNC(=O)[C@@H](C)NC(=O)[C@@H](Cc1c[nH]c2ccccc12)NC(=O)[C@@H](Cc1c[nH]c2ccccc12)NC(=O)[C@@H](CS)NC(=O)[C@@H](C)N)C(=O)N[C@H](CCCCN)C(=O)N[C@H](CCC(N)=O)C(=O)N[C@H](CCC(=O)O)C(=O)N[C@H](Cc1ccccc1)C(N)=O. The lowest BCUT2D eigenvalue weighted by Gasteiger charge is -2.28. The molecule has 31 heteroatoms. The molecule has 0 bridgehead atoms. The molecule has 1 unspecified atom stereocenters. The summed E-state index contributed by atoms with van der Waals surface area (Å²) in [5.74, 6) is -12.5. The van der Waals surface area contributed by atoms with E-state index in [4.69, 9.17) is 22.9 Å². The second kappa shape index (κ2) is 37.7. The predicted octanol–water partition coefficient (Wildman–Crippen LogP) is -1.76. The average molecular weight is 1340 g/mol. The number of aromatic nitrogens is 2. The number of hydrogen-bond acceptors (Lipinski definition) is 16. The molecule has 0 fully saturated rings. The topological polar surface area (TPSA) is 498 Å². The van der Waals surface area contributed by atoms with Gasteiger partial charge in [0.15, 0.2) is 0 Å². The first-order valence-corrected chi connectivity index (χ1v) is 31.9. The van der Waals surface area contributed by atoms with Crippen molar-refractivity contribution in [1.82, 2.24) is 63.1 Å². The number of carboxylic acid groups (broad SMARTS) is 1. The number of aliphatic carboxylic acids is 1. The number of nitrogens with two attached hydrogens (primary N) is 4. The van der Waals surface area contributed by atoms with Crippen LogP contribution in [0, 0.1) is 5.92 Å². The maximum Gasteiger partial charge on any atom is 0.303 e. The smallest absolute Gasteiger partial charge is 0.303 e. The third-order valence-electron chi connectivity index (χ3n) is 15.8. The van der Waals surface area contributed by atoms with Crippen molar-refractivity contribution in [3.8, 4) is 0 Å². The van der Waals surface area contributed by atoms with Crippen LogP contribution in [-0.2, 0) is 81.6 Å². The van der Waals surface area contributed by atoms with Crippen LogP contribution in [0.25, 0.3) is 21.8 Å². The van der Waals surface area contributed by atoms with Gasteiger partial charge in [0.2, 0.25) is 70.9 Å². The molecule has 11 atom stereocenters. The Balaban J connectivity index is 1.30. The molecule has 12 amide bonds. The fraction of sp³-hybridized carbons (Fsp3) is 0.453. The van der Waals surface area contributed by atoms with Crippen LogP contribution in [0.4, 0.5) is 0 Å². The van der Waals surface area contributed by atoms with Crippen LogP contribution in [0.1, 0.15) is 95.8 Å². The van der Waals surface area contributed by atoms with Gasteiger partial charge in [-0.1, -0.05) is 87.0 Å². The van der Waals surface area contributed by atoms with E-state index in [2.05, 4.69) is 75.8 Å². The van der Waals surface area contributed by atoms with Crippen LogP contribution in [-0.4, -0.2) is 171 Å². The minimum atomic E-state index is -1.61. The lowest BCUT2D eigenvalue weighted by atomic mass is 9.97. The van der Waals surface area contributed by atoms with Crippen molar-refractivity contribution in [3.63, 3.8) is 0 Å². The van der Waals surface area contributed by atoms with Crippen molar-refractivity contribution >= 4 is 111 Å². The molecule has 0 aliphatic rings. The van der Waals surface area contributed by atoms with Gasteiger partial charge in [0.25, 0.3) is 0 Å². The molecular weight excluding hydrogens is 1250 g/mol. The number of para-hydroxylation sites is 2. The van der Waals surface area contributed by atoms with E-state index in [1.54, 1.807) is 68.7 Å². The van der Waals surface area contributed by atoms with Gasteiger partial charge in [-0.25, -0.2) is 0 Å². The van der Waals surface area contributed by atoms with Crippen LogP contribution in [0.5, 0.6) is 0 Å². The van der Waals surface area contributed by atoms with Gasteiger partial charge in [-0.05, 0) is 87.2 Å². The Morgan fingerprint density at radius 2 is 0.958 bits per heavy atom. The second-order valence-electron chi connectivity index (χ2n) is 23.2. The van der Waals surface area contributed by atoms with Crippen LogP contribution in [0.2, 0.25) is 0 Å². The second-order valence-corrected chi connectivity index (χ2v) is 23.6. The zero-order chi connectivity index (χ0) is 69.9. The molecule has 2 heterocycles. The molecule has 3 aromatic carbocycles. The average Bonchev–Trinajstić information content (AvgIpc) is 1.81. The summed E-state index contributed by atoms with van der Waals surface area (Å²) in [6.07, 6.45) is 2.02. The Bertz CT molecular complexity index is 3510. The lowest BCUT2D eigenvalue weighted by Crippen LogP contribution is -2.60. The molecule has 5 aromatic rings. The van der Waals surface area contributed by atoms with E-state index in [0.29, 0.717) is 29.5 Å². The van der Waals surface area contributed by atoms with Gasteiger partial charge in [-0.3, -0.25) is 62.3 Å². The van der Waals surface area contributed by atoms with E-state index < -0.39 is 175 Å². The van der Waals surface area contributed by atoms with Crippen molar-refractivity contribution in [2.75, 3.05) is 18.8 Å². The molecule has 5 rings (SSSR count). The number of amides is 12. The molecule has 0 radical (unpaired) electrons. The third kappa shape index (κ3) is 23.9. The molecule has 21 N–H and O–H groups in total. The Labute approximate surface area is 554 Å². The molecule has 0 saturated carbocycles. The summed E-state index contributed by atoms with van der Waals surface area (Å²) in [4.78, 5) is 182. The number of carboxylic acids is 1. The van der Waals surface area contributed by atoms with E-state index in [-0.39, 0.29) is 44.4 Å². The number of benzene rings is 3. The Morgan fingerprint density at radius 3 is 1.45 bits per heavy atom. The molecule has 0 aliphatic heterocycles. The van der Waals surface area contributed by atoms with Gasteiger partial charge in [0.1, 0.15) is 54.4 Å². The number of carbonyl (C=O) groups excluding carboxylic acids is 12. The summed E-state index contributed by atoms with van der Waals surface area (Å²) in [5.41, 5.74) is 25.9. The number of primary amides is 2. The monoisotopic (exact) mass is 1340 g/mol. The van der Waals surface area contributed by atoms with Crippen molar-refractivity contribution in [3.05, 3.63) is 108 Å². The third-order valence-corrected chi connectivity index (χ3v) is 16.2. The van der Waals surface area contributed by atoms with Gasteiger partial charge >= 0.3 is 5.97 Å². The Hall–Kier alpha value is -9.88. The first kappa shape index (κ1) is 75.8. The summed E-state index contributed by atoms with van der Waals surface area (Å²) in [6, 6.07) is 9.49. The van der Waals surface area contributed by atoms with Gasteiger partial charge in [-0.15, -0.1) is 0 Å². The van der Waals surface area contributed by atoms with Crippen LogP contribution >= 0.6 is 12.6 Å². The first-order chi connectivity index (χ1) is 45.2. The van der Waals surface area contributed by atoms with Gasteiger partial charge < -0.3 is 91.2 Å². The largest absolute Gasteiger partial charge is 0.481 e.